The van der Waals surface area contributed by atoms with E-state index in [-0.39, 0.29) is 5.92 Å². The van der Waals surface area contributed by atoms with Crippen molar-refractivity contribution in [2.45, 2.75) is 18.5 Å². The van der Waals surface area contributed by atoms with Gasteiger partial charge in [0.05, 0.1) is 0 Å². The van der Waals surface area contributed by atoms with Gasteiger partial charge < -0.3 is 0 Å². The number of nitrogens with zero attached hydrogens (tertiary/aromatic N) is 1. The van der Waals surface area contributed by atoms with Gasteiger partial charge in [0, 0.05) is 19.0 Å². The Kier molecular flexibility index (Phi) is 2.60. The average molecular weight is 178 g/mol. The quantitative estimate of drug-likeness (QED) is 0.625. The second kappa shape index (κ2) is 3.88. The van der Waals surface area contributed by atoms with Crippen molar-refractivity contribution in [3.8, 4) is 0 Å². The Morgan fingerprint density at radius 1 is 1.23 bits per heavy atom. The van der Waals surface area contributed by atoms with E-state index < -0.39 is 6.17 Å². The predicted molar refractivity (Wildman–Crippen MR) is 50.6 cm³/mol. The molecule has 2 atom stereocenters. The van der Waals surface area contributed by atoms with Crippen LogP contribution in [0.25, 0.3) is 0 Å². The molecule has 0 spiro atoms. The van der Waals surface area contributed by atoms with Crippen LogP contribution >= 0.6 is 0 Å². The van der Waals surface area contributed by atoms with Gasteiger partial charge in [-0.3, -0.25) is 0 Å². The summed E-state index contributed by atoms with van der Waals surface area (Å²) >= 11 is 0. The molecule has 0 bridgehead atoms. The van der Waals surface area contributed by atoms with Crippen LogP contribution in [0.1, 0.15) is 17.9 Å². The van der Waals surface area contributed by atoms with Gasteiger partial charge in [-0.2, -0.15) is 0 Å². The fourth-order valence-electron chi connectivity index (χ4n) is 1.83. The zero-order valence-electron chi connectivity index (χ0n) is 7.49. The third-order valence-electron chi connectivity index (χ3n) is 2.57. The van der Waals surface area contributed by atoms with E-state index in [1.807, 2.05) is 30.3 Å². The molecule has 0 aliphatic carbocycles. The minimum absolute atomic E-state index is 0.0682. The standard InChI is InChI=1S/C11H13FN/c12-11-8-13-7-6-10(11)9-4-2-1-3-5-9/h1-5,10-11H,6-8H2/t10-,11+/m1/s1. The summed E-state index contributed by atoms with van der Waals surface area (Å²) in [6, 6.07) is 9.90. The summed E-state index contributed by atoms with van der Waals surface area (Å²) in [4.78, 5) is 0. The van der Waals surface area contributed by atoms with Gasteiger partial charge in [-0.25, -0.2) is 9.71 Å². The lowest BCUT2D eigenvalue weighted by Gasteiger charge is -2.25. The molecule has 0 aromatic heterocycles. The molecule has 1 heterocycles. The molecule has 69 valence electrons. The molecule has 1 fully saturated rings. The van der Waals surface area contributed by atoms with Crippen LogP contribution in [-0.2, 0) is 0 Å². The minimum Gasteiger partial charge on any atom is -0.245 e. The zero-order valence-corrected chi connectivity index (χ0v) is 7.49. The Morgan fingerprint density at radius 3 is 2.69 bits per heavy atom. The topological polar surface area (TPSA) is 14.1 Å². The molecular formula is C11H13FN. The first-order chi connectivity index (χ1) is 6.38. The molecule has 1 aliphatic rings. The third-order valence-corrected chi connectivity index (χ3v) is 2.57. The number of alkyl halides is 1. The van der Waals surface area contributed by atoms with Gasteiger partial charge in [0.1, 0.15) is 6.17 Å². The summed E-state index contributed by atoms with van der Waals surface area (Å²) < 4.78 is 13.4. The molecule has 1 saturated heterocycles. The molecule has 1 nitrogen and oxygen atoms in total. The summed E-state index contributed by atoms with van der Waals surface area (Å²) in [5.74, 6) is 0.0682. The van der Waals surface area contributed by atoms with Crippen LogP contribution in [0.4, 0.5) is 4.39 Å². The SMILES string of the molecule is F[C@H]1C[N]CC[C@@H]1c1ccccc1. The highest BCUT2D eigenvalue weighted by Gasteiger charge is 2.26. The minimum atomic E-state index is -0.781. The highest BCUT2D eigenvalue weighted by atomic mass is 19.1. The fourth-order valence-corrected chi connectivity index (χ4v) is 1.83. The number of hydrogen-bond donors (Lipinski definition) is 0. The van der Waals surface area contributed by atoms with E-state index in [0.717, 1.165) is 18.5 Å². The Balaban J connectivity index is 2.15. The van der Waals surface area contributed by atoms with Gasteiger partial charge in [0.2, 0.25) is 0 Å². The van der Waals surface area contributed by atoms with Gasteiger partial charge in [-0.1, -0.05) is 30.3 Å². The number of piperidine rings is 1. The van der Waals surface area contributed by atoms with Crippen LogP contribution in [-0.4, -0.2) is 19.3 Å². The fraction of sp³-hybridized carbons (Fsp3) is 0.455. The van der Waals surface area contributed by atoms with E-state index >= 15 is 0 Å². The van der Waals surface area contributed by atoms with Crippen molar-refractivity contribution in [1.82, 2.24) is 5.32 Å². The van der Waals surface area contributed by atoms with E-state index in [4.69, 9.17) is 0 Å². The molecule has 2 rings (SSSR count). The van der Waals surface area contributed by atoms with Gasteiger partial charge in [-0.05, 0) is 12.0 Å². The molecule has 1 aliphatic heterocycles. The van der Waals surface area contributed by atoms with Crippen LogP contribution in [0, 0.1) is 0 Å². The first kappa shape index (κ1) is 8.70. The number of benzene rings is 1. The molecule has 0 N–H and O–H groups in total. The average Bonchev–Trinajstić information content (AvgIpc) is 2.20. The van der Waals surface area contributed by atoms with Crippen LogP contribution in [0.15, 0.2) is 30.3 Å². The molecule has 13 heavy (non-hydrogen) atoms. The monoisotopic (exact) mass is 178 g/mol. The molecule has 2 heteroatoms. The molecule has 1 aromatic carbocycles. The lowest BCUT2D eigenvalue weighted by molar-refractivity contribution is 0.228. The van der Waals surface area contributed by atoms with Gasteiger partial charge in [-0.15, -0.1) is 0 Å². The molecule has 0 saturated carbocycles. The summed E-state index contributed by atoms with van der Waals surface area (Å²) in [6.45, 7) is 1.18. The highest BCUT2D eigenvalue weighted by Crippen LogP contribution is 2.27. The number of halogens is 1. The Morgan fingerprint density at radius 2 is 2.00 bits per heavy atom. The van der Waals surface area contributed by atoms with E-state index in [2.05, 4.69) is 5.32 Å². The molecule has 0 amide bonds. The zero-order chi connectivity index (χ0) is 9.10. The summed E-state index contributed by atoms with van der Waals surface area (Å²) in [5, 5.41) is 4.06. The number of hydrogen-bond acceptors (Lipinski definition) is 0. The normalized spacial score (nSPS) is 28.7. The van der Waals surface area contributed by atoms with Crippen molar-refractivity contribution in [3.05, 3.63) is 35.9 Å². The second-order valence-electron chi connectivity index (χ2n) is 3.45. The maximum atomic E-state index is 13.4. The molecule has 1 aromatic rings. The molecular weight excluding hydrogens is 165 g/mol. The number of rotatable bonds is 1. The van der Waals surface area contributed by atoms with E-state index in [9.17, 15) is 4.39 Å². The smallest absolute Gasteiger partial charge is 0.121 e. The summed E-state index contributed by atoms with van der Waals surface area (Å²) in [7, 11) is 0. The van der Waals surface area contributed by atoms with Gasteiger partial charge in [0.15, 0.2) is 0 Å². The van der Waals surface area contributed by atoms with Crippen LogP contribution in [0.2, 0.25) is 0 Å². The van der Waals surface area contributed by atoms with E-state index in [1.165, 1.54) is 0 Å². The van der Waals surface area contributed by atoms with E-state index in [1.54, 1.807) is 0 Å². The molecule has 1 radical (unpaired) electrons. The lowest BCUT2D eigenvalue weighted by Crippen LogP contribution is -2.32. The largest absolute Gasteiger partial charge is 0.245 e. The van der Waals surface area contributed by atoms with Crippen molar-refractivity contribution in [2.75, 3.05) is 13.1 Å². The Bertz CT molecular complexity index is 260. The van der Waals surface area contributed by atoms with Crippen molar-refractivity contribution < 1.29 is 4.39 Å². The first-order valence-corrected chi connectivity index (χ1v) is 4.70. The third kappa shape index (κ3) is 1.89. The second-order valence-corrected chi connectivity index (χ2v) is 3.45. The Hall–Kier alpha value is -0.890. The highest BCUT2D eigenvalue weighted by molar-refractivity contribution is 5.21. The van der Waals surface area contributed by atoms with Gasteiger partial charge >= 0.3 is 0 Å². The summed E-state index contributed by atoms with van der Waals surface area (Å²) in [6.07, 6.45) is 0.0710. The molecule has 0 unspecified atom stereocenters. The Labute approximate surface area is 78.0 Å². The van der Waals surface area contributed by atoms with Crippen LogP contribution in [0.3, 0.4) is 0 Å². The maximum absolute atomic E-state index is 13.4. The van der Waals surface area contributed by atoms with Crippen molar-refractivity contribution in [3.63, 3.8) is 0 Å². The van der Waals surface area contributed by atoms with Crippen molar-refractivity contribution >= 4 is 0 Å². The van der Waals surface area contributed by atoms with Crippen molar-refractivity contribution in [2.24, 2.45) is 0 Å². The maximum Gasteiger partial charge on any atom is 0.121 e. The van der Waals surface area contributed by atoms with Gasteiger partial charge in [0.25, 0.3) is 0 Å². The van der Waals surface area contributed by atoms with E-state index in [0.29, 0.717) is 6.54 Å². The van der Waals surface area contributed by atoms with Crippen molar-refractivity contribution in [1.29, 1.82) is 0 Å². The first-order valence-electron chi connectivity index (χ1n) is 4.70. The lowest BCUT2D eigenvalue weighted by atomic mass is 9.89. The van der Waals surface area contributed by atoms with Crippen LogP contribution in [0.5, 0.6) is 0 Å². The van der Waals surface area contributed by atoms with Crippen LogP contribution < -0.4 is 5.32 Å². The summed E-state index contributed by atoms with van der Waals surface area (Å²) in [5.41, 5.74) is 1.12. The predicted octanol–water partition coefficient (Wildman–Crippen LogP) is 2.12.